The predicted octanol–water partition coefficient (Wildman–Crippen LogP) is 2.73. The Bertz CT molecular complexity index is 121. The minimum absolute atomic E-state index is 0.433. The lowest BCUT2D eigenvalue weighted by molar-refractivity contribution is 0.572. The molecule has 1 atom stereocenters. The molecule has 0 aromatic carbocycles. The lowest BCUT2D eigenvalue weighted by atomic mass is 10.1. The monoisotopic (exact) mass is 168 g/mol. The van der Waals surface area contributed by atoms with Crippen molar-refractivity contribution in [1.29, 1.82) is 0 Å². The van der Waals surface area contributed by atoms with Gasteiger partial charge in [-0.05, 0) is 33.2 Å². The van der Waals surface area contributed by atoms with E-state index in [0.29, 0.717) is 6.04 Å². The number of hydrogen-bond acceptors (Lipinski definition) is 2. The number of aliphatic imine (C=N–C) groups is 2. The van der Waals surface area contributed by atoms with E-state index in [2.05, 4.69) is 30.3 Å². The second-order valence-electron chi connectivity index (χ2n) is 3.18. The topological polar surface area (TPSA) is 24.7 Å². The van der Waals surface area contributed by atoms with E-state index >= 15 is 0 Å². The Kier molecular flexibility index (Phi) is 7.97. The lowest BCUT2D eigenvalue weighted by Gasteiger charge is -2.03. The van der Waals surface area contributed by atoms with E-state index in [-0.39, 0.29) is 0 Å². The fourth-order valence-electron chi connectivity index (χ4n) is 1.11. The third kappa shape index (κ3) is 7.45. The fraction of sp³-hybridized carbons (Fsp3) is 0.800. The van der Waals surface area contributed by atoms with Crippen molar-refractivity contribution in [2.75, 3.05) is 6.54 Å². The number of unbranched alkanes of at least 4 members (excludes halogenated alkanes) is 3. The van der Waals surface area contributed by atoms with Crippen LogP contribution in [0.25, 0.3) is 0 Å². The first kappa shape index (κ1) is 11.3. The van der Waals surface area contributed by atoms with E-state index in [1.54, 1.807) is 0 Å². The Balaban J connectivity index is 2.99. The molecule has 0 rings (SSSR count). The van der Waals surface area contributed by atoms with E-state index in [4.69, 9.17) is 0 Å². The summed E-state index contributed by atoms with van der Waals surface area (Å²) >= 11 is 0. The van der Waals surface area contributed by atoms with Crippen molar-refractivity contribution in [1.82, 2.24) is 0 Å². The van der Waals surface area contributed by atoms with Crippen molar-refractivity contribution in [3.05, 3.63) is 0 Å². The first-order valence-corrected chi connectivity index (χ1v) is 4.69. The summed E-state index contributed by atoms with van der Waals surface area (Å²) in [5.41, 5.74) is 0. The van der Waals surface area contributed by atoms with Crippen molar-refractivity contribution in [3.63, 3.8) is 0 Å². The number of nitrogens with zero attached hydrogens (tertiary/aromatic N) is 2. The summed E-state index contributed by atoms with van der Waals surface area (Å²) in [4.78, 5) is 7.75. The molecule has 70 valence electrons. The Hall–Kier alpha value is -0.660. The molecule has 0 aliphatic carbocycles. The van der Waals surface area contributed by atoms with Crippen LogP contribution >= 0.6 is 0 Å². The zero-order valence-electron chi connectivity index (χ0n) is 8.13. The molecule has 0 aromatic heterocycles. The van der Waals surface area contributed by atoms with Crippen molar-refractivity contribution in [3.8, 4) is 0 Å². The summed E-state index contributed by atoms with van der Waals surface area (Å²) in [6, 6.07) is 0.433. The van der Waals surface area contributed by atoms with E-state index in [1.165, 1.54) is 32.1 Å². The summed E-state index contributed by atoms with van der Waals surface area (Å²) in [5.74, 6) is 0. The van der Waals surface area contributed by atoms with Gasteiger partial charge in [0.25, 0.3) is 0 Å². The SMILES string of the molecule is C=NCCCCCCC(C)N=C. The van der Waals surface area contributed by atoms with Crippen LogP contribution in [0.2, 0.25) is 0 Å². The Labute approximate surface area is 75.8 Å². The zero-order chi connectivity index (χ0) is 9.23. The van der Waals surface area contributed by atoms with Crippen LogP contribution < -0.4 is 0 Å². The molecule has 0 saturated heterocycles. The summed E-state index contributed by atoms with van der Waals surface area (Å²) in [7, 11) is 0. The molecule has 1 unspecified atom stereocenters. The van der Waals surface area contributed by atoms with Crippen molar-refractivity contribution in [2.24, 2.45) is 9.98 Å². The van der Waals surface area contributed by atoms with Gasteiger partial charge in [0.2, 0.25) is 0 Å². The van der Waals surface area contributed by atoms with Crippen LogP contribution in [0, 0.1) is 0 Å². The highest BCUT2D eigenvalue weighted by atomic mass is 14.7. The van der Waals surface area contributed by atoms with Crippen LogP contribution in [0.4, 0.5) is 0 Å². The van der Waals surface area contributed by atoms with Crippen molar-refractivity contribution < 1.29 is 0 Å². The molecule has 0 fully saturated rings. The quantitative estimate of drug-likeness (QED) is 0.393. The van der Waals surface area contributed by atoms with Gasteiger partial charge in [-0.2, -0.15) is 0 Å². The lowest BCUT2D eigenvalue weighted by Crippen LogP contribution is -1.96. The van der Waals surface area contributed by atoms with Gasteiger partial charge in [-0.25, -0.2) is 0 Å². The Morgan fingerprint density at radius 1 is 1.08 bits per heavy atom. The van der Waals surface area contributed by atoms with Crippen LogP contribution in [0.1, 0.15) is 39.0 Å². The molecule has 0 aliphatic heterocycles. The maximum absolute atomic E-state index is 3.94. The maximum Gasteiger partial charge on any atom is 0.0464 e. The molecule has 2 heteroatoms. The second kappa shape index (κ2) is 8.44. The average molecular weight is 168 g/mol. The van der Waals surface area contributed by atoms with Gasteiger partial charge in [-0.15, -0.1) is 0 Å². The molecule has 0 amide bonds. The minimum atomic E-state index is 0.433. The Morgan fingerprint density at radius 2 is 1.75 bits per heavy atom. The van der Waals surface area contributed by atoms with Gasteiger partial charge in [0.1, 0.15) is 0 Å². The van der Waals surface area contributed by atoms with E-state index in [1.807, 2.05) is 0 Å². The van der Waals surface area contributed by atoms with E-state index < -0.39 is 0 Å². The molecule has 0 aliphatic rings. The highest BCUT2D eigenvalue weighted by Gasteiger charge is 1.96. The zero-order valence-corrected chi connectivity index (χ0v) is 8.13. The van der Waals surface area contributed by atoms with Crippen LogP contribution in [0.3, 0.4) is 0 Å². The molecule has 0 saturated carbocycles. The molecular weight excluding hydrogens is 148 g/mol. The van der Waals surface area contributed by atoms with Gasteiger partial charge in [0.05, 0.1) is 0 Å². The van der Waals surface area contributed by atoms with Gasteiger partial charge in [-0.3, -0.25) is 4.99 Å². The molecular formula is C10H20N2. The first-order valence-electron chi connectivity index (χ1n) is 4.69. The van der Waals surface area contributed by atoms with Gasteiger partial charge < -0.3 is 4.99 Å². The maximum atomic E-state index is 3.94. The highest BCUT2D eigenvalue weighted by molar-refractivity contribution is 5.23. The second-order valence-corrected chi connectivity index (χ2v) is 3.18. The number of hydrogen-bond donors (Lipinski definition) is 0. The molecule has 0 N–H and O–H groups in total. The average Bonchev–Trinajstić information content (AvgIpc) is 2.10. The highest BCUT2D eigenvalue weighted by Crippen LogP contribution is 2.07. The van der Waals surface area contributed by atoms with Crippen LogP contribution in [0.5, 0.6) is 0 Å². The minimum Gasteiger partial charge on any atom is -0.301 e. The molecule has 0 spiro atoms. The standard InChI is InChI=1S/C10H20N2/c1-10(12-3)8-6-4-5-7-9-11-2/h10H,2-9H2,1H3. The summed E-state index contributed by atoms with van der Waals surface area (Å²) < 4.78 is 0. The molecule has 0 bridgehead atoms. The van der Waals surface area contributed by atoms with Crippen molar-refractivity contribution in [2.45, 2.75) is 45.1 Å². The van der Waals surface area contributed by atoms with E-state index in [0.717, 1.165) is 6.54 Å². The third-order valence-electron chi connectivity index (χ3n) is 2.00. The first-order chi connectivity index (χ1) is 5.81. The van der Waals surface area contributed by atoms with Gasteiger partial charge in [0, 0.05) is 12.6 Å². The van der Waals surface area contributed by atoms with Gasteiger partial charge >= 0.3 is 0 Å². The van der Waals surface area contributed by atoms with E-state index in [9.17, 15) is 0 Å². The van der Waals surface area contributed by atoms with Crippen LogP contribution in [-0.4, -0.2) is 26.0 Å². The predicted molar refractivity (Wildman–Crippen MR) is 56.5 cm³/mol. The molecule has 0 aromatic rings. The van der Waals surface area contributed by atoms with Crippen LogP contribution in [0.15, 0.2) is 9.98 Å². The van der Waals surface area contributed by atoms with Crippen LogP contribution in [-0.2, 0) is 0 Å². The largest absolute Gasteiger partial charge is 0.301 e. The Morgan fingerprint density at radius 3 is 2.33 bits per heavy atom. The fourth-order valence-corrected chi connectivity index (χ4v) is 1.11. The summed E-state index contributed by atoms with van der Waals surface area (Å²) in [5, 5.41) is 0. The molecule has 12 heavy (non-hydrogen) atoms. The van der Waals surface area contributed by atoms with Crippen molar-refractivity contribution >= 4 is 13.4 Å². The summed E-state index contributed by atoms with van der Waals surface area (Å²) in [6.07, 6.45) is 6.17. The van der Waals surface area contributed by atoms with Gasteiger partial charge in [0.15, 0.2) is 0 Å². The number of rotatable bonds is 8. The normalized spacial score (nSPS) is 12.4. The van der Waals surface area contributed by atoms with Gasteiger partial charge in [-0.1, -0.05) is 19.3 Å². The molecule has 0 radical (unpaired) electrons. The molecule has 2 nitrogen and oxygen atoms in total. The summed E-state index contributed by atoms with van der Waals surface area (Å²) in [6.45, 7) is 9.98. The smallest absolute Gasteiger partial charge is 0.0464 e. The third-order valence-corrected chi connectivity index (χ3v) is 2.00. The molecule has 0 heterocycles.